The maximum absolute atomic E-state index is 10.5. The number of benzene rings is 1. The Kier molecular flexibility index (Phi) is 2.52. The van der Waals surface area contributed by atoms with Crippen LogP contribution in [0, 0.1) is 6.92 Å². The quantitative estimate of drug-likeness (QED) is 0.782. The molecule has 0 fully saturated rings. The van der Waals surface area contributed by atoms with E-state index < -0.39 is 5.97 Å². The van der Waals surface area contributed by atoms with Crippen molar-refractivity contribution in [1.82, 2.24) is 4.57 Å². The summed E-state index contributed by atoms with van der Waals surface area (Å²) in [4.78, 5) is 10.5. The second-order valence-electron chi connectivity index (χ2n) is 3.75. The molecule has 1 heterocycles. The van der Waals surface area contributed by atoms with Gasteiger partial charge in [-0.25, -0.2) is 4.79 Å². The number of aromatic nitrogens is 1. The van der Waals surface area contributed by atoms with E-state index in [0.717, 1.165) is 22.2 Å². The molecule has 0 bridgehead atoms. The Labute approximate surface area is 93.6 Å². The second kappa shape index (κ2) is 3.85. The summed E-state index contributed by atoms with van der Waals surface area (Å²) in [7, 11) is 1.98. The number of nitrogens with zero attached hydrogens (tertiary/aromatic N) is 1. The third-order valence-corrected chi connectivity index (χ3v) is 2.84. The summed E-state index contributed by atoms with van der Waals surface area (Å²) < 4.78 is 2.07. The summed E-state index contributed by atoms with van der Waals surface area (Å²) in [5.41, 5.74) is 3.16. The van der Waals surface area contributed by atoms with Crippen LogP contribution in [0.15, 0.2) is 30.3 Å². The molecule has 0 saturated heterocycles. The van der Waals surface area contributed by atoms with Crippen LogP contribution < -0.4 is 0 Å². The highest BCUT2D eigenvalue weighted by Gasteiger charge is 2.08. The van der Waals surface area contributed by atoms with Gasteiger partial charge >= 0.3 is 5.97 Å². The van der Waals surface area contributed by atoms with Gasteiger partial charge in [-0.2, -0.15) is 0 Å². The van der Waals surface area contributed by atoms with E-state index >= 15 is 0 Å². The van der Waals surface area contributed by atoms with Crippen LogP contribution in [0.3, 0.4) is 0 Å². The molecule has 0 amide bonds. The lowest BCUT2D eigenvalue weighted by molar-refractivity contribution is -0.131. The van der Waals surface area contributed by atoms with Crippen molar-refractivity contribution < 1.29 is 9.90 Å². The largest absolute Gasteiger partial charge is 0.478 e. The average Bonchev–Trinajstić information content (AvgIpc) is 2.50. The Balaban J connectivity index is 2.69. The molecule has 0 unspecified atom stereocenters. The molecule has 0 aliphatic rings. The summed E-state index contributed by atoms with van der Waals surface area (Å²) in [5.74, 6) is -0.924. The lowest BCUT2D eigenvalue weighted by Crippen LogP contribution is -1.90. The third kappa shape index (κ3) is 1.60. The molecule has 0 spiro atoms. The normalized spacial score (nSPS) is 11.4. The molecule has 0 aliphatic carbocycles. The van der Waals surface area contributed by atoms with Crippen molar-refractivity contribution in [3.63, 3.8) is 0 Å². The van der Waals surface area contributed by atoms with E-state index in [-0.39, 0.29) is 0 Å². The van der Waals surface area contributed by atoms with Crippen molar-refractivity contribution in [2.45, 2.75) is 6.92 Å². The standard InChI is InChI=1S/C13H13NO2/c1-9-10(7-8-13(15)16)11-5-3-4-6-12(11)14(9)2/h3-8H,1-2H3,(H,15,16). The van der Waals surface area contributed by atoms with Crippen molar-refractivity contribution >= 4 is 22.9 Å². The highest BCUT2D eigenvalue weighted by Crippen LogP contribution is 2.25. The van der Waals surface area contributed by atoms with Gasteiger partial charge in [-0.15, -0.1) is 0 Å². The Bertz CT molecular complexity index is 579. The number of fused-ring (bicyclic) bond motifs is 1. The molecule has 0 aliphatic heterocycles. The summed E-state index contributed by atoms with van der Waals surface area (Å²) in [5, 5.41) is 9.73. The molecule has 2 rings (SSSR count). The molecular formula is C13H13NO2. The van der Waals surface area contributed by atoms with Crippen LogP contribution in [-0.4, -0.2) is 15.6 Å². The van der Waals surface area contributed by atoms with Gasteiger partial charge in [0.2, 0.25) is 0 Å². The highest BCUT2D eigenvalue weighted by atomic mass is 16.4. The molecular weight excluding hydrogens is 202 g/mol. The first-order valence-corrected chi connectivity index (χ1v) is 5.06. The number of hydrogen-bond donors (Lipinski definition) is 1. The van der Waals surface area contributed by atoms with Gasteiger partial charge in [0.25, 0.3) is 0 Å². The number of hydrogen-bond acceptors (Lipinski definition) is 1. The summed E-state index contributed by atoms with van der Waals surface area (Å²) in [6, 6.07) is 7.97. The van der Waals surface area contributed by atoms with E-state index in [1.165, 1.54) is 6.08 Å². The molecule has 0 atom stereocenters. The van der Waals surface area contributed by atoms with Gasteiger partial charge in [0, 0.05) is 35.3 Å². The average molecular weight is 215 g/mol. The van der Waals surface area contributed by atoms with Crippen LogP contribution in [0.5, 0.6) is 0 Å². The zero-order chi connectivity index (χ0) is 11.7. The fraction of sp³-hybridized carbons (Fsp3) is 0.154. The SMILES string of the molecule is Cc1c(C=CC(=O)O)c2ccccc2n1C. The van der Waals surface area contributed by atoms with E-state index in [2.05, 4.69) is 4.57 Å². The zero-order valence-corrected chi connectivity index (χ0v) is 9.27. The Morgan fingerprint density at radius 3 is 2.75 bits per heavy atom. The van der Waals surface area contributed by atoms with Gasteiger partial charge in [-0.1, -0.05) is 18.2 Å². The Morgan fingerprint density at radius 2 is 2.06 bits per heavy atom. The second-order valence-corrected chi connectivity index (χ2v) is 3.75. The highest BCUT2D eigenvalue weighted by molar-refractivity contribution is 5.95. The lowest BCUT2D eigenvalue weighted by Gasteiger charge is -1.97. The van der Waals surface area contributed by atoms with Gasteiger partial charge in [-0.05, 0) is 19.1 Å². The maximum Gasteiger partial charge on any atom is 0.328 e. The van der Waals surface area contributed by atoms with Crippen molar-refractivity contribution in [3.8, 4) is 0 Å². The molecule has 3 nitrogen and oxygen atoms in total. The summed E-state index contributed by atoms with van der Waals surface area (Å²) in [6.45, 7) is 1.99. The van der Waals surface area contributed by atoms with Crippen LogP contribution >= 0.6 is 0 Å². The summed E-state index contributed by atoms with van der Waals surface area (Å²) in [6.07, 6.45) is 2.83. The number of aryl methyl sites for hydroxylation is 1. The minimum absolute atomic E-state index is 0.924. The molecule has 2 aromatic rings. The smallest absolute Gasteiger partial charge is 0.328 e. The molecule has 16 heavy (non-hydrogen) atoms. The fourth-order valence-corrected chi connectivity index (χ4v) is 1.92. The van der Waals surface area contributed by atoms with E-state index in [9.17, 15) is 4.79 Å². The number of carbonyl (C=O) groups is 1. The first-order chi connectivity index (χ1) is 7.61. The van der Waals surface area contributed by atoms with E-state index in [0.29, 0.717) is 0 Å². The molecule has 1 aromatic heterocycles. The van der Waals surface area contributed by atoms with E-state index in [1.807, 2.05) is 38.2 Å². The number of aliphatic carboxylic acids is 1. The van der Waals surface area contributed by atoms with E-state index in [4.69, 9.17) is 5.11 Å². The van der Waals surface area contributed by atoms with Crippen LogP contribution in [0.25, 0.3) is 17.0 Å². The first-order valence-electron chi connectivity index (χ1n) is 5.06. The molecule has 1 N–H and O–H groups in total. The maximum atomic E-state index is 10.5. The first kappa shape index (κ1) is 10.5. The minimum Gasteiger partial charge on any atom is -0.478 e. The number of carboxylic acids is 1. The van der Waals surface area contributed by atoms with Crippen LogP contribution in [0.1, 0.15) is 11.3 Å². The van der Waals surface area contributed by atoms with Crippen molar-refractivity contribution in [2.24, 2.45) is 7.05 Å². The van der Waals surface area contributed by atoms with Crippen molar-refractivity contribution in [1.29, 1.82) is 0 Å². The lowest BCUT2D eigenvalue weighted by atomic mass is 10.1. The monoisotopic (exact) mass is 215 g/mol. The van der Waals surface area contributed by atoms with Gasteiger partial charge in [0.15, 0.2) is 0 Å². The topological polar surface area (TPSA) is 42.2 Å². The molecule has 0 radical (unpaired) electrons. The third-order valence-electron chi connectivity index (χ3n) is 2.84. The number of carboxylic acid groups (broad SMARTS) is 1. The van der Waals surface area contributed by atoms with Gasteiger partial charge in [0.1, 0.15) is 0 Å². The Morgan fingerprint density at radius 1 is 1.38 bits per heavy atom. The van der Waals surface area contributed by atoms with Gasteiger partial charge in [-0.3, -0.25) is 0 Å². The van der Waals surface area contributed by atoms with E-state index in [1.54, 1.807) is 6.08 Å². The summed E-state index contributed by atoms with van der Waals surface area (Å²) >= 11 is 0. The molecule has 0 saturated carbocycles. The van der Waals surface area contributed by atoms with Gasteiger partial charge in [0.05, 0.1) is 0 Å². The van der Waals surface area contributed by atoms with Crippen LogP contribution in [0.2, 0.25) is 0 Å². The van der Waals surface area contributed by atoms with Crippen LogP contribution in [0.4, 0.5) is 0 Å². The Hall–Kier alpha value is -2.03. The predicted molar refractivity (Wildman–Crippen MR) is 64.3 cm³/mol. The zero-order valence-electron chi connectivity index (χ0n) is 9.27. The molecule has 1 aromatic carbocycles. The van der Waals surface area contributed by atoms with Gasteiger partial charge < -0.3 is 9.67 Å². The number of para-hydroxylation sites is 1. The minimum atomic E-state index is -0.924. The molecule has 82 valence electrons. The number of rotatable bonds is 2. The fourth-order valence-electron chi connectivity index (χ4n) is 1.92. The van der Waals surface area contributed by atoms with Crippen molar-refractivity contribution in [2.75, 3.05) is 0 Å². The van der Waals surface area contributed by atoms with Crippen LogP contribution in [-0.2, 0) is 11.8 Å². The van der Waals surface area contributed by atoms with Crippen molar-refractivity contribution in [3.05, 3.63) is 41.6 Å². The predicted octanol–water partition coefficient (Wildman–Crippen LogP) is 2.58. The molecule has 3 heteroatoms.